The molecular weight excluding hydrogens is 397 g/mol. The second kappa shape index (κ2) is 7.41. The quantitative estimate of drug-likeness (QED) is 0.688. The van der Waals surface area contributed by atoms with E-state index < -0.39 is 23.2 Å². The van der Waals surface area contributed by atoms with Gasteiger partial charge in [0.2, 0.25) is 0 Å². The largest absolute Gasteiger partial charge is 0.433 e. The fourth-order valence-corrected chi connectivity index (χ4v) is 3.14. The Morgan fingerprint density at radius 2 is 1.87 bits per heavy atom. The number of carbonyl (C=O) groups is 1. The third-order valence-corrected chi connectivity index (χ3v) is 4.84. The third-order valence-electron chi connectivity index (χ3n) is 4.84. The molecule has 3 rings (SSSR count). The van der Waals surface area contributed by atoms with Crippen molar-refractivity contribution in [2.75, 3.05) is 0 Å². The fourth-order valence-electron chi connectivity index (χ4n) is 3.14. The molecular formula is C20H25F3N6O. The summed E-state index contributed by atoms with van der Waals surface area (Å²) in [5.74, 6) is -0.581. The summed E-state index contributed by atoms with van der Waals surface area (Å²) in [6, 6.07) is 1.87. The SMILES string of the molecule is CCn1cc(C(C)NC(=O)c2cc3nc(C(C)(C)C)cc(C(F)(F)F)n3n2)c(C)n1. The lowest BCUT2D eigenvalue weighted by Gasteiger charge is -2.19. The van der Waals surface area contributed by atoms with Crippen molar-refractivity contribution in [3.63, 3.8) is 0 Å². The maximum atomic E-state index is 13.6. The highest BCUT2D eigenvalue weighted by atomic mass is 19.4. The van der Waals surface area contributed by atoms with Gasteiger partial charge in [-0.15, -0.1) is 0 Å². The average molecular weight is 422 g/mol. The van der Waals surface area contributed by atoms with Crippen LogP contribution in [0.2, 0.25) is 0 Å². The van der Waals surface area contributed by atoms with E-state index >= 15 is 0 Å². The first-order chi connectivity index (χ1) is 13.8. The van der Waals surface area contributed by atoms with Crippen molar-refractivity contribution in [2.45, 2.75) is 65.7 Å². The standard InChI is InChI=1S/C20H25F3N6O/c1-7-28-10-13(12(3)26-28)11(2)24-18(30)14-8-17-25-15(19(4,5)6)9-16(20(21,22)23)29(17)27-14/h8-11H,7H2,1-6H3,(H,24,30). The second-order valence-electron chi connectivity index (χ2n) is 8.29. The van der Waals surface area contributed by atoms with Gasteiger partial charge < -0.3 is 5.32 Å². The molecule has 1 unspecified atom stereocenters. The van der Waals surface area contributed by atoms with Crippen LogP contribution in [0.4, 0.5) is 13.2 Å². The molecule has 162 valence electrons. The van der Waals surface area contributed by atoms with Crippen LogP contribution < -0.4 is 5.32 Å². The van der Waals surface area contributed by atoms with Crippen LogP contribution in [0.1, 0.15) is 73.8 Å². The summed E-state index contributed by atoms with van der Waals surface area (Å²) in [6.07, 6.45) is -2.80. The number of nitrogens with zero attached hydrogens (tertiary/aromatic N) is 5. The van der Waals surface area contributed by atoms with Crippen molar-refractivity contribution in [3.05, 3.63) is 46.7 Å². The molecule has 3 aromatic rings. The van der Waals surface area contributed by atoms with Gasteiger partial charge in [0.1, 0.15) is 5.69 Å². The molecule has 0 aliphatic heterocycles. The highest BCUT2D eigenvalue weighted by molar-refractivity contribution is 5.93. The number of hydrogen-bond donors (Lipinski definition) is 1. The van der Waals surface area contributed by atoms with Crippen LogP contribution >= 0.6 is 0 Å². The number of alkyl halides is 3. The van der Waals surface area contributed by atoms with Crippen LogP contribution in [0.5, 0.6) is 0 Å². The number of amides is 1. The Bertz CT molecular complexity index is 1090. The van der Waals surface area contributed by atoms with Gasteiger partial charge in [-0.3, -0.25) is 9.48 Å². The lowest BCUT2D eigenvalue weighted by atomic mass is 9.91. The lowest BCUT2D eigenvalue weighted by molar-refractivity contribution is -0.142. The smallest absolute Gasteiger partial charge is 0.344 e. The summed E-state index contributed by atoms with van der Waals surface area (Å²) in [5.41, 5.74) is 0.150. The molecule has 3 aromatic heterocycles. The fraction of sp³-hybridized carbons (Fsp3) is 0.500. The number of nitrogens with one attached hydrogen (secondary N) is 1. The number of aryl methyl sites for hydroxylation is 2. The van der Waals surface area contributed by atoms with Gasteiger partial charge in [-0.1, -0.05) is 20.8 Å². The molecule has 1 amide bonds. The van der Waals surface area contributed by atoms with Gasteiger partial charge in [0.25, 0.3) is 5.91 Å². The molecule has 0 bridgehead atoms. The Balaban J connectivity index is 1.98. The van der Waals surface area contributed by atoms with Crippen molar-refractivity contribution >= 4 is 11.6 Å². The molecule has 1 N–H and O–H groups in total. The minimum Gasteiger partial charge on any atom is -0.344 e. The van der Waals surface area contributed by atoms with E-state index in [2.05, 4.69) is 20.5 Å². The summed E-state index contributed by atoms with van der Waals surface area (Å²) in [5, 5.41) is 11.0. The van der Waals surface area contributed by atoms with E-state index in [1.54, 1.807) is 32.4 Å². The number of carbonyl (C=O) groups excluding carboxylic acids is 1. The zero-order valence-electron chi connectivity index (χ0n) is 17.8. The van der Waals surface area contributed by atoms with Gasteiger partial charge in [0.05, 0.1) is 17.4 Å². The Kier molecular flexibility index (Phi) is 5.38. The van der Waals surface area contributed by atoms with Crippen molar-refractivity contribution in [1.29, 1.82) is 0 Å². The highest BCUT2D eigenvalue weighted by Crippen LogP contribution is 2.32. The normalized spacial score (nSPS) is 13.6. The highest BCUT2D eigenvalue weighted by Gasteiger charge is 2.36. The van der Waals surface area contributed by atoms with Crippen LogP contribution in [-0.2, 0) is 18.1 Å². The molecule has 0 aliphatic carbocycles. The monoisotopic (exact) mass is 422 g/mol. The van der Waals surface area contributed by atoms with Crippen LogP contribution in [-0.4, -0.2) is 30.3 Å². The maximum absolute atomic E-state index is 13.6. The van der Waals surface area contributed by atoms with E-state index in [9.17, 15) is 18.0 Å². The van der Waals surface area contributed by atoms with Crippen LogP contribution in [0.15, 0.2) is 18.3 Å². The summed E-state index contributed by atoms with van der Waals surface area (Å²) in [4.78, 5) is 17.0. The summed E-state index contributed by atoms with van der Waals surface area (Å²) < 4.78 is 43.3. The molecule has 0 aliphatic rings. The Labute approximate surface area is 172 Å². The minimum absolute atomic E-state index is 0.0254. The molecule has 1 atom stereocenters. The Morgan fingerprint density at radius 3 is 2.40 bits per heavy atom. The third kappa shape index (κ3) is 4.17. The van der Waals surface area contributed by atoms with Crippen LogP contribution in [0, 0.1) is 6.92 Å². The predicted molar refractivity (Wildman–Crippen MR) is 105 cm³/mol. The molecule has 10 heteroatoms. The zero-order valence-corrected chi connectivity index (χ0v) is 17.8. The van der Waals surface area contributed by atoms with Crippen LogP contribution in [0.3, 0.4) is 0 Å². The number of hydrogen-bond acceptors (Lipinski definition) is 4. The Hall–Kier alpha value is -2.91. The zero-order chi connectivity index (χ0) is 22.4. The molecule has 0 aromatic carbocycles. The first-order valence-electron chi connectivity index (χ1n) is 9.64. The molecule has 3 heterocycles. The topological polar surface area (TPSA) is 77.1 Å². The van der Waals surface area contributed by atoms with Crippen molar-refractivity contribution in [1.82, 2.24) is 29.7 Å². The first kappa shape index (κ1) is 21.8. The molecule has 0 saturated heterocycles. The van der Waals surface area contributed by atoms with E-state index in [1.165, 1.54) is 6.07 Å². The Morgan fingerprint density at radius 1 is 1.20 bits per heavy atom. The summed E-state index contributed by atoms with van der Waals surface area (Å²) >= 11 is 0. The van der Waals surface area contributed by atoms with Gasteiger partial charge in [-0.05, 0) is 26.8 Å². The van der Waals surface area contributed by atoms with Gasteiger partial charge in [0, 0.05) is 29.8 Å². The summed E-state index contributed by atoms with van der Waals surface area (Å²) in [7, 11) is 0. The number of aromatic nitrogens is 5. The predicted octanol–water partition coefficient (Wildman–Crippen LogP) is 4.06. The van der Waals surface area contributed by atoms with Gasteiger partial charge in [-0.2, -0.15) is 23.4 Å². The minimum atomic E-state index is -4.64. The molecule has 0 radical (unpaired) electrons. The number of halogens is 3. The average Bonchev–Trinajstić information content (AvgIpc) is 3.22. The van der Waals surface area contributed by atoms with Gasteiger partial charge >= 0.3 is 6.18 Å². The molecule has 0 saturated carbocycles. The molecule has 0 spiro atoms. The van der Waals surface area contributed by atoms with Gasteiger partial charge in [0.15, 0.2) is 11.3 Å². The molecule has 0 fully saturated rings. The number of rotatable bonds is 4. The van der Waals surface area contributed by atoms with E-state index in [0.29, 0.717) is 11.1 Å². The van der Waals surface area contributed by atoms with Crippen LogP contribution in [0.25, 0.3) is 5.65 Å². The van der Waals surface area contributed by atoms with E-state index in [0.717, 1.165) is 17.3 Å². The van der Waals surface area contributed by atoms with Gasteiger partial charge in [-0.25, -0.2) is 9.50 Å². The molecule has 7 nitrogen and oxygen atoms in total. The lowest BCUT2D eigenvalue weighted by Crippen LogP contribution is -2.27. The summed E-state index contributed by atoms with van der Waals surface area (Å²) in [6.45, 7) is 11.6. The second-order valence-corrected chi connectivity index (χ2v) is 8.29. The van der Waals surface area contributed by atoms with Crippen molar-refractivity contribution in [2.24, 2.45) is 0 Å². The van der Waals surface area contributed by atoms with Crippen molar-refractivity contribution in [3.8, 4) is 0 Å². The number of fused-ring (bicyclic) bond motifs is 1. The first-order valence-corrected chi connectivity index (χ1v) is 9.64. The molecule has 30 heavy (non-hydrogen) atoms. The van der Waals surface area contributed by atoms with E-state index in [4.69, 9.17) is 0 Å². The van der Waals surface area contributed by atoms with E-state index in [-0.39, 0.29) is 23.1 Å². The van der Waals surface area contributed by atoms with E-state index in [1.807, 2.05) is 20.0 Å². The van der Waals surface area contributed by atoms with Crippen molar-refractivity contribution < 1.29 is 18.0 Å². The maximum Gasteiger partial charge on any atom is 0.433 e.